The maximum atomic E-state index is 12.8. The van der Waals surface area contributed by atoms with Crippen LogP contribution in [0.25, 0.3) is 6.08 Å². The van der Waals surface area contributed by atoms with Crippen molar-refractivity contribution in [2.45, 2.75) is 6.92 Å². The summed E-state index contributed by atoms with van der Waals surface area (Å²) in [5, 5.41) is 0. The van der Waals surface area contributed by atoms with Crippen molar-refractivity contribution in [3.05, 3.63) is 41.5 Å². The predicted octanol–water partition coefficient (Wildman–Crippen LogP) is 2.92. The van der Waals surface area contributed by atoms with Gasteiger partial charge >= 0.3 is 0 Å². The molecule has 0 aliphatic carbocycles. The summed E-state index contributed by atoms with van der Waals surface area (Å²) in [4.78, 5) is 0. The largest absolute Gasteiger partial charge is 0.203 e. The molecule has 1 rings (SSSR count). The normalized spacial score (nSPS) is 9.73. The number of hydrogen-bond acceptors (Lipinski definition) is 0. The molecule has 0 heterocycles. The van der Waals surface area contributed by atoms with Gasteiger partial charge in [-0.1, -0.05) is 24.8 Å². The standard InChI is InChI=1S/C9H8F2/c1-3-7-5-4-6(2)8(10)9(7)11/h3-5H,1H2,2H3. The zero-order chi connectivity index (χ0) is 8.43. The van der Waals surface area contributed by atoms with Gasteiger partial charge in [-0.15, -0.1) is 0 Å². The van der Waals surface area contributed by atoms with E-state index >= 15 is 0 Å². The summed E-state index contributed by atoms with van der Waals surface area (Å²) in [5.74, 6) is -1.61. The summed E-state index contributed by atoms with van der Waals surface area (Å²) in [5.41, 5.74) is 0.515. The Morgan fingerprint density at radius 3 is 2.45 bits per heavy atom. The molecule has 0 spiro atoms. The van der Waals surface area contributed by atoms with E-state index < -0.39 is 11.6 Å². The molecule has 0 radical (unpaired) electrons. The van der Waals surface area contributed by atoms with E-state index in [1.54, 1.807) is 0 Å². The van der Waals surface area contributed by atoms with E-state index in [0.29, 0.717) is 5.56 Å². The third kappa shape index (κ3) is 1.29. The van der Waals surface area contributed by atoms with Crippen LogP contribution in [0.3, 0.4) is 0 Å². The minimum absolute atomic E-state index is 0.202. The average Bonchev–Trinajstić information content (AvgIpc) is 2.01. The van der Waals surface area contributed by atoms with Crippen molar-refractivity contribution in [3.63, 3.8) is 0 Å². The Kier molecular flexibility index (Phi) is 2.03. The highest BCUT2D eigenvalue weighted by molar-refractivity contribution is 5.48. The van der Waals surface area contributed by atoms with Crippen LogP contribution >= 0.6 is 0 Å². The lowest BCUT2D eigenvalue weighted by atomic mass is 10.1. The molecule has 0 saturated heterocycles. The van der Waals surface area contributed by atoms with Crippen LogP contribution in [-0.2, 0) is 0 Å². The van der Waals surface area contributed by atoms with Crippen LogP contribution in [0.15, 0.2) is 18.7 Å². The first kappa shape index (κ1) is 7.92. The van der Waals surface area contributed by atoms with Crippen molar-refractivity contribution in [1.29, 1.82) is 0 Å². The Hall–Kier alpha value is -1.18. The van der Waals surface area contributed by atoms with Crippen molar-refractivity contribution >= 4 is 6.08 Å². The van der Waals surface area contributed by atoms with Crippen molar-refractivity contribution in [3.8, 4) is 0 Å². The molecule has 0 nitrogen and oxygen atoms in total. The molecule has 1 aromatic carbocycles. The molecule has 0 atom stereocenters. The van der Waals surface area contributed by atoms with Gasteiger partial charge < -0.3 is 0 Å². The summed E-state index contributed by atoms with van der Waals surface area (Å²) < 4.78 is 25.6. The van der Waals surface area contributed by atoms with E-state index in [-0.39, 0.29) is 5.56 Å². The zero-order valence-electron chi connectivity index (χ0n) is 6.20. The van der Waals surface area contributed by atoms with Gasteiger partial charge in [0.1, 0.15) is 0 Å². The molecular formula is C9H8F2. The van der Waals surface area contributed by atoms with Gasteiger partial charge in [0.15, 0.2) is 11.6 Å². The molecule has 2 heteroatoms. The molecule has 11 heavy (non-hydrogen) atoms. The molecule has 0 fully saturated rings. The van der Waals surface area contributed by atoms with Gasteiger partial charge in [0.25, 0.3) is 0 Å². The van der Waals surface area contributed by atoms with E-state index in [4.69, 9.17) is 0 Å². The highest BCUT2D eigenvalue weighted by Gasteiger charge is 2.07. The van der Waals surface area contributed by atoms with Gasteiger partial charge in [0.2, 0.25) is 0 Å². The summed E-state index contributed by atoms with van der Waals surface area (Å²) in [6, 6.07) is 3.02. The van der Waals surface area contributed by atoms with Gasteiger partial charge in [0, 0.05) is 5.56 Å². The molecule has 0 aromatic heterocycles. The first-order valence-corrected chi connectivity index (χ1v) is 3.24. The van der Waals surface area contributed by atoms with Gasteiger partial charge in [-0.05, 0) is 12.5 Å². The van der Waals surface area contributed by atoms with E-state index in [2.05, 4.69) is 6.58 Å². The average molecular weight is 154 g/mol. The quantitative estimate of drug-likeness (QED) is 0.583. The Morgan fingerprint density at radius 2 is 1.91 bits per heavy atom. The van der Waals surface area contributed by atoms with Crippen molar-refractivity contribution in [1.82, 2.24) is 0 Å². The van der Waals surface area contributed by atoms with Crippen molar-refractivity contribution in [2.75, 3.05) is 0 Å². The van der Waals surface area contributed by atoms with Crippen LogP contribution in [0.2, 0.25) is 0 Å². The molecular weight excluding hydrogens is 146 g/mol. The highest BCUT2D eigenvalue weighted by atomic mass is 19.2. The van der Waals surface area contributed by atoms with Crippen LogP contribution < -0.4 is 0 Å². The Labute approximate surface area is 64.2 Å². The van der Waals surface area contributed by atoms with Crippen LogP contribution in [0.1, 0.15) is 11.1 Å². The first-order chi connectivity index (χ1) is 5.16. The van der Waals surface area contributed by atoms with E-state index in [9.17, 15) is 8.78 Å². The van der Waals surface area contributed by atoms with E-state index in [1.807, 2.05) is 0 Å². The number of aryl methyl sites for hydroxylation is 1. The minimum Gasteiger partial charge on any atom is -0.203 e. The summed E-state index contributed by atoms with van der Waals surface area (Å²) in [6.45, 7) is 4.88. The SMILES string of the molecule is C=Cc1ccc(C)c(F)c1F. The lowest BCUT2D eigenvalue weighted by Gasteiger charge is -1.99. The fourth-order valence-corrected chi connectivity index (χ4v) is 0.819. The summed E-state index contributed by atoms with van der Waals surface area (Å²) in [6.07, 6.45) is 1.29. The van der Waals surface area contributed by atoms with Gasteiger partial charge in [-0.25, -0.2) is 8.78 Å². The van der Waals surface area contributed by atoms with E-state index in [0.717, 1.165) is 0 Å². The van der Waals surface area contributed by atoms with Crippen LogP contribution in [0, 0.1) is 18.6 Å². The van der Waals surface area contributed by atoms with Gasteiger partial charge in [-0.2, -0.15) is 0 Å². The maximum Gasteiger partial charge on any atom is 0.166 e. The lowest BCUT2D eigenvalue weighted by Crippen LogP contribution is -1.91. The third-order valence-electron chi connectivity index (χ3n) is 1.53. The highest BCUT2D eigenvalue weighted by Crippen LogP contribution is 2.15. The molecule has 58 valence electrons. The Balaban J connectivity index is 3.36. The van der Waals surface area contributed by atoms with Gasteiger partial charge in [-0.3, -0.25) is 0 Å². The van der Waals surface area contributed by atoms with Crippen molar-refractivity contribution < 1.29 is 8.78 Å². The molecule has 0 aliphatic heterocycles. The predicted molar refractivity (Wildman–Crippen MR) is 41.2 cm³/mol. The summed E-state index contributed by atoms with van der Waals surface area (Å²) in [7, 11) is 0. The topological polar surface area (TPSA) is 0 Å². The van der Waals surface area contributed by atoms with Crippen molar-refractivity contribution in [2.24, 2.45) is 0 Å². The molecule has 0 unspecified atom stereocenters. The number of hydrogen-bond donors (Lipinski definition) is 0. The second kappa shape index (κ2) is 2.82. The second-order valence-electron chi connectivity index (χ2n) is 2.30. The molecule has 0 bridgehead atoms. The Morgan fingerprint density at radius 1 is 1.27 bits per heavy atom. The van der Waals surface area contributed by atoms with Crippen LogP contribution in [-0.4, -0.2) is 0 Å². The minimum atomic E-state index is -0.819. The first-order valence-electron chi connectivity index (χ1n) is 3.24. The number of rotatable bonds is 1. The molecule has 0 amide bonds. The van der Waals surface area contributed by atoms with Crippen LogP contribution in [0.5, 0.6) is 0 Å². The second-order valence-corrected chi connectivity index (χ2v) is 2.30. The molecule has 0 saturated carbocycles. The Bertz CT molecular complexity index is 290. The van der Waals surface area contributed by atoms with Crippen LogP contribution in [0.4, 0.5) is 8.78 Å². The van der Waals surface area contributed by atoms with Gasteiger partial charge in [0.05, 0.1) is 0 Å². The molecule has 1 aromatic rings. The molecule has 0 aliphatic rings. The molecule has 0 N–H and O–H groups in total. The maximum absolute atomic E-state index is 12.8. The third-order valence-corrected chi connectivity index (χ3v) is 1.53. The van der Waals surface area contributed by atoms with E-state index in [1.165, 1.54) is 25.1 Å². The fraction of sp³-hybridized carbons (Fsp3) is 0.111. The monoisotopic (exact) mass is 154 g/mol. The summed E-state index contributed by atoms with van der Waals surface area (Å²) >= 11 is 0. The number of halogens is 2. The lowest BCUT2D eigenvalue weighted by molar-refractivity contribution is 0.501. The zero-order valence-corrected chi connectivity index (χ0v) is 6.20. The smallest absolute Gasteiger partial charge is 0.166 e. The fourth-order valence-electron chi connectivity index (χ4n) is 0.819. The number of benzene rings is 1.